The number of hydrogen-bond donors (Lipinski definition) is 5. The summed E-state index contributed by atoms with van der Waals surface area (Å²) in [5, 5.41) is 30.9. The Bertz CT molecular complexity index is 921. The molecule has 8 heteroatoms. The summed E-state index contributed by atoms with van der Waals surface area (Å²) in [6.45, 7) is 11.6. The highest BCUT2D eigenvalue weighted by atomic mass is 16.6. The largest absolute Gasteiger partial charge is 0.444 e. The number of ether oxygens (including phenoxy) is 1. The normalized spacial score (nSPS) is 15.1. The van der Waals surface area contributed by atoms with Crippen molar-refractivity contribution >= 4 is 12.0 Å². The Morgan fingerprint density at radius 1 is 0.744 bits per heavy atom. The van der Waals surface area contributed by atoms with Crippen molar-refractivity contribution < 1.29 is 24.5 Å². The fourth-order valence-corrected chi connectivity index (χ4v) is 4.16. The lowest BCUT2D eigenvalue weighted by atomic mass is 9.91. The van der Waals surface area contributed by atoms with Crippen LogP contribution in [-0.2, 0) is 22.4 Å². The molecule has 0 fully saturated rings. The first-order valence-electron chi connectivity index (χ1n) is 13.7. The summed E-state index contributed by atoms with van der Waals surface area (Å²) in [5.41, 5.74) is 1.12. The van der Waals surface area contributed by atoms with Crippen molar-refractivity contribution in [2.75, 3.05) is 13.1 Å². The van der Waals surface area contributed by atoms with E-state index in [4.69, 9.17) is 4.74 Å². The van der Waals surface area contributed by atoms with Crippen LogP contribution in [0.2, 0.25) is 0 Å². The molecule has 0 aliphatic carbocycles. The van der Waals surface area contributed by atoms with Gasteiger partial charge in [-0.05, 0) is 50.2 Å². The number of rotatable bonds is 13. The van der Waals surface area contributed by atoms with E-state index in [1.54, 1.807) is 20.8 Å². The molecule has 2 rings (SSSR count). The second-order valence-electron chi connectivity index (χ2n) is 12.3. The third-order valence-electron chi connectivity index (χ3n) is 5.97. The van der Waals surface area contributed by atoms with Crippen LogP contribution in [0.25, 0.3) is 0 Å². The summed E-state index contributed by atoms with van der Waals surface area (Å²) in [5.74, 6) is -0.119. The molecule has 2 aromatic rings. The first-order valence-corrected chi connectivity index (χ1v) is 13.7. The van der Waals surface area contributed by atoms with Gasteiger partial charge in [0.25, 0.3) is 0 Å². The first kappa shape index (κ1) is 32.3. The Kier molecular flexibility index (Phi) is 12.4. The number of carbonyl (C=O) groups excluding carboxylic acids is 2. The maximum absolute atomic E-state index is 12.7. The van der Waals surface area contributed by atoms with Gasteiger partial charge in [0, 0.05) is 19.5 Å². The van der Waals surface area contributed by atoms with Gasteiger partial charge in [-0.3, -0.25) is 4.79 Å². The molecule has 4 atom stereocenters. The average molecular weight is 542 g/mol. The standard InChI is InChI=1S/C31H47N3O5/c1-30(2,3)19-28(37)33-24(17-22-13-9-7-10-14-22)26(35)20-32-21-27(36)25(18-23-15-11-8-12-16-23)34-29(38)39-31(4,5)6/h7-16,24-27,32,35-36H,17-21H2,1-6H3,(H,33,37)(H,34,38)/t24-,25-,26+,27+/m1/s1. The number of aliphatic hydroxyl groups excluding tert-OH is 2. The summed E-state index contributed by atoms with van der Waals surface area (Å²) in [6.07, 6.45) is -1.23. The molecule has 8 nitrogen and oxygen atoms in total. The topological polar surface area (TPSA) is 120 Å². The number of aliphatic hydroxyl groups is 2. The molecule has 0 aliphatic rings. The molecule has 0 unspecified atom stereocenters. The molecule has 0 heterocycles. The predicted octanol–water partition coefficient (Wildman–Crippen LogP) is 3.60. The third-order valence-corrected chi connectivity index (χ3v) is 5.97. The van der Waals surface area contributed by atoms with Crippen molar-refractivity contribution in [3.05, 3.63) is 71.8 Å². The maximum Gasteiger partial charge on any atom is 0.407 e. The highest BCUT2D eigenvalue weighted by Crippen LogP contribution is 2.18. The molecule has 5 N–H and O–H groups in total. The number of nitrogens with one attached hydrogen (secondary N) is 3. The number of hydrogen-bond acceptors (Lipinski definition) is 6. The lowest BCUT2D eigenvalue weighted by Crippen LogP contribution is -2.52. The summed E-state index contributed by atoms with van der Waals surface area (Å²) in [4.78, 5) is 25.1. The van der Waals surface area contributed by atoms with Crippen LogP contribution >= 0.6 is 0 Å². The van der Waals surface area contributed by atoms with Crippen LogP contribution < -0.4 is 16.0 Å². The van der Waals surface area contributed by atoms with Gasteiger partial charge in [0.2, 0.25) is 5.91 Å². The minimum absolute atomic E-state index is 0.119. The molecule has 2 aromatic carbocycles. The van der Waals surface area contributed by atoms with E-state index in [0.29, 0.717) is 19.3 Å². The van der Waals surface area contributed by atoms with E-state index in [1.807, 2.05) is 81.4 Å². The van der Waals surface area contributed by atoms with E-state index in [9.17, 15) is 19.8 Å². The van der Waals surface area contributed by atoms with E-state index in [-0.39, 0.29) is 24.4 Å². The minimum Gasteiger partial charge on any atom is -0.444 e. The van der Waals surface area contributed by atoms with Crippen molar-refractivity contribution in [3.63, 3.8) is 0 Å². The second-order valence-corrected chi connectivity index (χ2v) is 12.3. The van der Waals surface area contributed by atoms with Gasteiger partial charge < -0.3 is 30.9 Å². The van der Waals surface area contributed by atoms with Crippen LogP contribution in [0.5, 0.6) is 0 Å². The van der Waals surface area contributed by atoms with E-state index in [2.05, 4.69) is 16.0 Å². The monoisotopic (exact) mass is 541 g/mol. The highest BCUT2D eigenvalue weighted by Gasteiger charge is 2.27. The van der Waals surface area contributed by atoms with E-state index in [0.717, 1.165) is 11.1 Å². The van der Waals surface area contributed by atoms with Gasteiger partial charge in [0.15, 0.2) is 0 Å². The predicted molar refractivity (Wildman–Crippen MR) is 154 cm³/mol. The molecular weight excluding hydrogens is 494 g/mol. The number of carbonyl (C=O) groups is 2. The molecule has 0 aromatic heterocycles. The molecule has 0 bridgehead atoms. The van der Waals surface area contributed by atoms with Gasteiger partial charge in [-0.15, -0.1) is 0 Å². The molecule has 216 valence electrons. The number of alkyl carbamates (subject to hydrolysis) is 1. The Balaban J connectivity index is 2.03. The Labute approximate surface area is 233 Å². The minimum atomic E-state index is -0.951. The molecule has 39 heavy (non-hydrogen) atoms. The molecule has 0 aliphatic heterocycles. The molecule has 0 saturated heterocycles. The summed E-state index contributed by atoms with van der Waals surface area (Å²) >= 11 is 0. The van der Waals surface area contributed by atoms with Crippen molar-refractivity contribution in [2.24, 2.45) is 5.41 Å². The van der Waals surface area contributed by atoms with Crippen molar-refractivity contribution in [2.45, 2.75) is 90.7 Å². The van der Waals surface area contributed by atoms with Gasteiger partial charge in [-0.25, -0.2) is 4.79 Å². The van der Waals surface area contributed by atoms with Gasteiger partial charge in [0.1, 0.15) is 5.60 Å². The van der Waals surface area contributed by atoms with Gasteiger partial charge in [-0.1, -0.05) is 81.4 Å². The number of benzene rings is 2. The average Bonchev–Trinajstić information content (AvgIpc) is 2.82. The lowest BCUT2D eigenvalue weighted by Gasteiger charge is -2.29. The maximum atomic E-state index is 12.7. The zero-order chi connectivity index (χ0) is 29.1. The van der Waals surface area contributed by atoms with Crippen molar-refractivity contribution in [1.82, 2.24) is 16.0 Å². The zero-order valence-corrected chi connectivity index (χ0v) is 24.2. The Morgan fingerprint density at radius 2 is 1.18 bits per heavy atom. The van der Waals surface area contributed by atoms with Crippen LogP contribution in [0.3, 0.4) is 0 Å². The SMILES string of the molecule is CC(C)(C)CC(=O)N[C@H](Cc1ccccc1)[C@@H](O)CNC[C@H](O)[C@@H](Cc1ccccc1)NC(=O)OC(C)(C)C. The Morgan fingerprint density at radius 3 is 1.59 bits per heavy atom. The number of amides is 2. The van der Waals surface area contributed by atoms with E-state index >= 15 is 0 Å². The van der Waals surface area contributed by atoms with Crippen LogP contribution in [-0.4, -0.2) is 65.2 Å². The second kappa shape index (κ2) is 15.0. The van der Waals surface area contributed by atoms with Crippen LogP contribution in [0.15, 0.2) is 60.7 Å². The molecule has 0 saturated carbocycles. The van der Waals surface area contributed by atoms with Crippen molar-refractivity contribution in [3.8, 4) is 0 Å². The van der Waals surface area contributed by atoms with Gasteiger partial charge in [0.05, 0.1) is 24.3 Å². The highest BCUT2D eigenvalue weighted by molar-refractivity contribution is 5.77. The van der Waals surface area contributed by atoms with Crippen LogP contribution in [0.1, 0.15) is 59.1 Å². The summed E-state index contributed by atoms with van der Waals surface area (Å²) < 4.78 is 5.40. The van der Waals surface area contributed by atoms with E-state index in [1.165, 1.54) is 0 Å². The Hall–Kier alpha value is -2.94. The fraction of sp³-hybridized carbons (Fsp3) is 0.548. The lowest BCUT2D eigenvalue weighted by molar-refractivity contribution is -0.124. The van der Waals surface area contributed by atoms with Gasteiger partial charge in [-0.2, -0.15) is 0 Å². The zero-order valence-electron chi connectivity index (χ0n) is 24.2. The quantitative estimate of drug-likeness (QED) is 0.264. The molecular formula is C31H47N3O5. The summed E-state index contributed by atoms with van der Waals surface area (Å²) in [7, 11) is 0. The smallest absolute Gasteiger partial charge is 0.407 e. The van der Waals surface area contributed by atoms with E-state index < -0.39 is 36.0 Å². The first-order chi connectivity index (χ1) is 18.2. The fourth-order valence-electron chi connectivity index (χ4n) is 4.16. The molecule has 2 amide bonds. The third kappa shape index (κ3) is 13.6. The van der Waals surface area contributed by atoms with Crippen LogP contribution in [0.4, 0.5) is 4.79 Å². The van der Waals surface area contributed by atoms with Gasteiger partial charge >= 0.3 is 6.09 Å². The summed E-state index contributed by atoms with van der Waals surface area (Å²) in [6, 6.07) is 18.2. The van der Waals surface area contributed by atoms with Crippen molar-refractivity contribution in [1.29, 1.82) is 0 Å². The molecule has 0 radical (unpaired) electrons. The molecule has 0 spiro atoms. The van der Waals surface area contributed by atoms with Crippen LogP contribution in [0, 0.1) is 5.41 Å².